The fourth-order valence-corrected chi connectivity index (χ4v) is 1.73. The summed E-state index contributed by atoms with van der Waals surface area (Å²) in [5, 5.41) is 5.23. The van der Waals surface area contributed by atoms with Crippen LogP contribution in [0.3, 0.4) is 0 Å². The summed E-state index contributed by atoms with van der Waals surface area (Å²) in [5.41, 5.74) is 1.69. The van der Waals surface area contributed by atoms with Crippen molar-refractivity contribution in [3.05, 3.63) is 59.7 Å². The summed E-state index contributed by atoms with van der Waals surface area (Å²) in [6.45, 7) is 1.91. The first-order valence-corrected chi connectivity index (χ1v) is 6.10. The molecule has 104 valence electrons. The van der Waals surface area contributed by atoms with Crippen LogP contribution in [0.25, 0.3) is 0 Å². The molecule has 0 fully saturated rings. The first-order chi connectivity index (χ1) is 9.54. The molecule has 0 saturated heterocycles. The topological polar surface area (TPSA) is 41.1 Å². The van der Waals surface area contributed by atoms with Crippen molar-refractivity contribution < 1.29 is 13.6 Å². The van der Waals surface area contributed by atoms with Crippen molar-refractivity contribution in [3.63, 3.8) is 0 Å². The molecule has 0 aromatic heterocycles. The van der Waals surface area contributed by atoms with Crippen molar-refractivity contribution in [1.82, 2.24) is 0 Å². The maximum atomic E-state index is 13.3. The molecule has 0 saturated carbocycles. The quantitative estimate of drug-likeness (QED) is 0.899. The van der Waals surface area contributed by atoms with E-state index in [1.165, 1.54) is 0 Å². The second-order valence-corrected chi connectivity index (χ2v) is 4.40. The van der Waals surface area contributed by atoms with Crippen LogP contribution in [0.5, 0.6) is 0 Å². The lowest BCUT2D eigenvalue weighted by atomic mass is 10.2. The molecule has 2 aromatic carbocycles. The molecule has 1 amide bonds. The maximum absolute atomic E-state index is 13.3. The average Bonchev–Trinajstić information content (AvgIpc) is 2.41. The Bertz CT molecular complexity index is 629. The molecule has 2 aromatic rings. The predicted molar refractivity (Wildman–Crippen MR) is 74.7 cm³/mol. The van der Waals surface area contributed by atoms with E-state index in [2.05, 4.69) is 10.6 Å². The van der Waals surface area contributed by atoms with Crippen molar-refractivity contribution in [2.24, 2.45) is 0 Å². The summed E-state index contributed by atoms with van der Waals surface area (Å²) < 4.78 is 26.3. The molecule has 5 heteroatoms. The molecule has 0 radical (unpaired) electrons. The summed E-state index contributed by atoms with van der Waals surface area (Å²) in [5.74, 6) is -1.72. The number of halogens is 2. The zero-order valence-corrected chi connectivity index (χ0v) is 10.9. The SMILES string of the molecule is Cc1cccc(NCC(=O)Nc2cc(F)ccc2F)c1. The van der Waals surface area contributed by atoms with Crippen LogP contribution >= 0.6 is 0 Å². The number of hydrogen-bond acceptors (Lipinski definition) is 2. The molecule has 2 rings (SSSR count). The number of benzene rings is 2. The van der Waals surface area contributed by atoms with Gasteiger partial charge in [-0.3, -0.25) is 4.79 Å². The molecule has 0 unspecified atom stereocenters. The van der Waals surface area contributed by atoms with E-state index in [0.717, 1.165) is 29.4 Å². The minimum Gasteiger partial charge on any atom is -0.376 e. The summed E-state index contributed by atoms with van der Waals surface area (Å²) in [6.07, 6.45) is 0. The number of nitrogens with one attached hydrogen (secondary N) is 2. The molecule has 0 aliphatic rings. The lowest BCUT2D eigenvalue weighted by molar-refractivity contribution is -0.114. The van der Waals surface area contributed by atoms with Crippen LogP contribution in [0.4, 0.5) is 20.2 Å². The number of carbonyl (C=O) groups excluding carboxylic acids is 1. The van der Waals surface area contributed by atoms with Crippen LogP contribution in [0.15, 0.2) is 42.5 Å². The molecule has 2 N–H and O–H groups in total. The normalized spacial score (nSPS) is 10.2. The highest BCUT2D eigenvalue weighted by atomic mass is 19.1. The first-order valence-electron chi connectivity index (χ1n) is 6.10. The fourth-order valence-electron chi connectivity index (χ4n) is 1.73. The zero-order chi connectivity index (χ0) is 14.5. The highest BCUT2D eigenvalue weighted by Gasteiger charge is 2.08. The van der Waals surface area contributed by atoms with Crippen LogP contribution in [0.2, 0.25) is 0 Å². The third-order valence-electron chi connectivity index (χ3n) is 2.67. The molecule has 20 heavy (non-hydrogen) atoms. The van der Waals surface area contributed by atoms with Crippen molar-refractivity contribution in [2.75, 3.05) is 17.2 Å². The Morgan fingerprint density at radius 1 is 1.15 bits per heavy atom. The van der Waals surface area contributed by atoms with Gasteiger partial charge in [0.15, 0.2) is 0 Å². The van der Waals surface area contributed by atoms with Gasteiger partial charge in [-0.1, -0.05) is 12.1 Å². The van der Waals surface area contributed by atoms with Gasteiger partial charge < -0.3 is 10.6 Å². The first kappa shape index (κ1) is 14.0. The minimum absolute atomic E-state index is 0.0284. The van der Waals surface area contributed by atoms with Gasteiger partial charge in [0.1, 0.15) is 11.6 Å². The molecular weight excluding hydrogens is 262 g/mol. The predicted octanol–water partition coefficient (Wildman–Crippen LogP) is 3.32. The van der Waals surface area contributed by atoms with Gasteiger partial charge in [-0.2, -0.15) is 0 Å². The van der Waals surface area contributed by atoms with Crippen LogP contribution in [-0.4, -0.2) is 12.5 Å². The maximum Gasteiger partial charge on any atom is 0.243 e. The Morgan fingerprint density at radius 3 is 2.70 bits per heavy atom. The Labute approximate surface area is 115 Å². The summed E-state index contributed by atoms with van der Waals surface area (Å²) in [6, 6.07) is 10.4. The highest BCUT2D eigenvalue weighted by molar-refractivity contribution is 5.93. The van der Waals surface area contributed by atoms with Crippen LogP contribution in [0, 0.1) is 18.6 Å². The number of aryl methyl sites for hydroxylation is 1. The number of carbonyl (C=O) groups is 1. The summed E-state index contributed by atoms with van der Waals surface area (Å²) in [7, 11) is 0. The molecular formula is C15H14F2N2O. The molecule has 0 aliphatic heterocycles. The van der Waals surface area contributed by atoms with Gasteiger partial charge >= 0.3 is 0 Å². The standard InChI is InChI=1S/C15H14F2N2O/c1-10-3-2-4-12(7-10)18-9-15(20)19-14-8-11(16)5-6-13(14)17/h2-8,18H,9H2,1H3,(H,19,20). The van der Waals surface area contributed by atoms with E-state index >= 15 is 0 Å². The lowest BCUT2D eigenvalue weighted by Gasteiger charge is -2.09. The average molecular weight is 276 g/mol. The van der Waals surface area contributed by atoms with Crippen molar-refractivity contribution in [2.45, 2.75) is 6.92 Å². The van der Waals surface area contributed by atoms with Gasteiger partial charge in [0, 0.05) is 11.8 Å². The van der Waals surface area contributed by atoms with Gasteiger partial charge in [-0.05, 0) is 36.8 Å². The van der Waals surface area contributed by atoms with Gasteiger partial charge in [0.05, 0.1) is 12.2 Å². The summed E-state index contributed by atoms with van der Waals surface area (Å²) >= 11 is 0. The third kappa shape index (κ3) is 3.78. The van der Waals surface area contributed by atoms with Gasteiger partial charge in [0.25, 0.3) is 0 Å². The van der Waals surface area contributed by atoms with Crippen molar-refractivity contribution in [1.29, 1.82) is 0 Å². The molecule has 0 heterocycles. The monoisotopic (exact) mass is 276 g/mol. The van der Waals surface area contributed by atoms with E-state index in [1.54, 1.807) is 0 Å². The summed E-state index contributed by atoms with van der Waals surface area (Å²) in [4.78, 5) is 11.7. The van der Waals surface area contributed by atoms with Gasteiger partial charge in [-0.25, -0.2) is 8.78 Å². The Kier molecular flexibility index (Phi) is 4.30. The molecule has 0 spiro atoms. The number of hydrogen-bond donors (Lipinski definition) is 2. The Hall–Kier alpha value is -2.43. The lowest BCUT2D eigenvalue weighted by Crippen LogP contribution is -2.22. The number of amides is 1. The largest absolute Gasteiger partial charge is 0.376 e. The Balaban J connectivity index is 1.94. The highest BCUT2D eigenvalue weighted by Crippen LogP contribution is 2.15. The number of anilines is 2. The zero-order valence-electron chi connectivity index (χ0n) is 10.9. The molecule has 0 bridgehead atoms. The second kappa shape index (κ2) is 6.14. The van der Waals surface area contributed by atoms with Gasteiger partial charge in [-0.15, -0.1) is 0 Å². The molecule has 0 aliphatic carbocycles. The van der Waals surface area contributed by atoms with Crippen LogP contribution < -0.4 is 10.6 Å². The third-order valence-corrected chi connectivity index (χ3v) is 2.67. The van der Waals surface area contributed by atoms with Crippen LogP contribution in [0.1, 0.15) is 5.56 Å². The van der Waals surface area contributed by atoms with Crippen molar-refractivity contribution >= 4 is 17.3 Å². The minimum atomic E-state index is -0.671. The molecule has 0 atom stereocenters. The number of rotatable bonds is 4. The van der Waals surface area contributed by atoms with E-state index in [1.807, 2.05) is 31.2 Å². The van der Waals surface area contributed by atoms with E-state index in [9.17, 15) is 13.6 Å². The smallest absolute Gasteiger partial charge is 0.243 e. The Morgan fingerprint density at radius 2 is 1.95 bits per heavy atom. The van der Waals surface area contributed by atoms with E-state index < -0.39 is 17.5 Å². The van der Waals surface area contributed by atoms with Gasteiger partial charge in [0.2, 0.25) is 5.91 Å². The fraction of sp³-hybridized carbons (Fsp3) is 0.133. The molecule has 3 nitrogen and oxygen atoms in total. The van der Waals surface area contributed by atoms with Crippen LogP contribution in [-0.2, 0) is 4.79 Å². The second-order valence-electron chi connectivity index (χ2n) is 4.40. The van der Waals surface area contributed by atoms with E-state index in [4.69, 9.17) is 0 Å². The van der Waals surface area contributed by atoms with Crippen molar-refractivity contribution in [3.8, 4) is 0 Å². The van der Waals surface area contributed by atoms with E-state index in [-0.39, 0.29) is 12.2 Å². The van der Waals surface area contributed by atoms with E-state index in [0.29, 0.717) is 0 Å².